The van der Waals surface area contributed by atoms with Crippen LogP contribution in [-0.2, 0) is 11.8 Å². The van der Waals surface area contributed by atoms with Crippen LogP contribution in [0.1, 0.15) is 62.2 Å². The highest BCUT2D eigenvalue weighted by molar-refractivity contribution is 5.95. The van der Waals surface area contributed by atoms with Gasteiger partial charge in [0.05, 0.1) is 12.7 Å². The van der Waals surface area contributed by atoms with Gasteiger partial charge in [0, 0.05) is 26.9 Å². The molecule has 0 aliphatic heterocycles. The quantitative estimate of drug-likeness (QED) is 0.278. The number of imidazole rings is 2. The standard InChI is InChI=1S/C28H37N5O2.C3H4N2.H2/c1-8-22-14-15-28(5,6)23(21(22)4)13-12-19(2)10-9-11-20(3)16-24(34)31-33-18-29-25-26(33)30-17-32(7)27(25)35;1-2-5-3-4-1;/h9-13,16-18,22H,8,14-15H2,1-7H3,(H,31,34);1-3H,(H,4,5);1H/b11-9+,13-12+,19-10+,20-16+;;. The van der Waals surface area contributed by atoms with Gasteiger partial charge in [0.25, 0.3) is 11.5 Å². The molecule has 1 aliphatic carbocycles. The molecule has 0 fully saturated rings. The number of fused-ring (bicyclic) bond motifs is 1. The molecule has 1 aliphatic rings. The molecule has 0 spiro atoms. The Labute approximate surface area is 237 Å². The van der Waals surface area contributed by atoms with E-state index in [2.05, 4.69) is 72.1 Å². The van der Waals surface area contributed by atoms with E-state index in [4.69, 9.17) is 0 Å². The highest BCUT2D eigenvalue weighted by atomic mass is 16.2. The number of aryl methyl sites for hydroxylation is 1. The number of carbonyl (C=O) groups excluding carboxylic acids is 1. The maximum atomic E-state index is 12.4. The summed E-state index contributed by atoms with van der Waals surface area (Å²) in [5.74, 6) is 0.356. The first kappa shape index (κ1) is 30.3. The second-order valence-electron chi connectivity index (χ2n) is 10.8. The summed E-state index contributed by atoms with van der Waals surface area (Å²) in [5.41, 5.74) is 8.06. The molecular weight excluding hydrogens is 502 g/mol. The molecule has 0 saturated heterocycles. The first-order valence-corrected chi connectivity index (χ1v) is 13.6. The van der Waals surface area contributed by atoms with Crippen LogP contribution in [0.3, 0.4) is 0 Å². The lowest BCUT2D eigenvalue weighted by molar-refractivity contribution is -0.112. The molecule has 2 N–H and O–H groups in total. The fraction of sp³-hybridized carbons (Fsp3) is 0.387. The smallest absolute Gasteiger partial charge is 0.281 e. The van der Waals surface area contributed by atoms with Crippen molar-refractivity contribution in [3.8, 4) is 0 Å². The number of amides is 1. The average Bonchev–Trinajstić information content (AvgIpc) is 3.60. The number of nitrogens with one attached hydrogen (secondary N) is 2. The lowest BCUT2D eigenvalue weighted by Crippen LogP contribution is -2.24. The fourth-order valence-electron chi connectivity index (χ4n) is 4.81. The molecule has 3 heterocycles. The monoisotopic (exact) mass is 545 g/mol. The minimum absolute atomic E-state index is 0. The lowest BCUT2D eigenvalue weighted by atomic mass is 9.68. The van der Waals surface area contributed by atoms with Gasteiger partial charge in [0.15, 0.2) is 11.2 Å². The summed E-state index contributed by atoms with van der Waals surface area (Å²) >= 11 is 0. The lowest BCUT2D eigenvalue weighted by Gasteiger charge is -2.37. The maximum Gasteiger partial charge on any atom is 0.281 e. The molecule has 1 amide bonds. The van der Waals surface area contributed by atoms with Crippen molar-refractivity contribution < 1.29 is 6.22 Å². The number of nitrogens with zero attached hydrogens (tertiary/aromatic N) is 5. The summed E-state index contributed by atoms with van der Waals surface area (Å²) in [6.45, 7) is 13.2. The number of rotatable bonds is 7. The summed E-state index contributed by atoms with van der Waals surface area (Å²) < 4.78 is 2.70. The van der Waals surface area contributed by atoms with E-state index in [0.29, 0.717) is 11.6 Å². The summed E-state index contributed by atoms with van der Waals surface area (Å²) in [4.78, 5) is 39.2. The molecule has 3 aromatic heterocycles. The molecule has 0 radical (unpaired) electrons. The van der Waals surface area contributed by atoms with Gasteiger partial charge in [0.1, 0.15) is 6.33 Å². The molecule has 0 aromatic carbocycles. The second kappa shape index (κ2) is 13.7. The van der Waals surface area contributed by atoms with Crippen LogP contribution in [0.2, 0.25) is 0 Å². The molecule has 3 aromatic rings. The number of hydrogen-bond donors (Lipinski definition) is 2. The molecule has 4 rings (SSSR count). The first-order valence-electron chi connectivity index (χ1n) is 13.6. The predicted octanol–water partition coefficient (Wildman–Crippen LogP) is 6.02. The van der Waals surface area contributed by atoms with Crippen molar-refractivity contribution in [3.63, 3.8) is 0 Å². The van der Waals surface area contributed by atoms with Gasteiger partial charge in [-0.2, -0.15) is 0 Å². The number of H-pyrrole nitrogens is 1. The van der Waals surface area contributed by atoms with Crippen molar-refractivity contribution in [2.75, 3.05) is 5.43 Å². The van der Waals surface area contributed by atoms with Gasteiger partial charge in [-0.05, 0) is 62.5 Å². The second-order valence-corrected chi connectivity index (χ2v) is 10.8. The van der Waals surface area contributed by atoms with Crippen LogP contribution in [-0.4, -0.2) is 35.1 Å². The van der Waals surface area contributed by atoms with Crippen LogP contribution in [0, 0.1) is 11.3 Å². The van der Waals surface area contributed by atoms with E-state index in [-0.39, 0.29) is 23.8 Å². The van der Waals surface area contributed by atoms with E-state index in [1.807, 2.05) is 25.2 Å². The Hall–Kier alpha value is -4.27. The van der Waals surface area contributed by atoms with E-state index >= 15 is 0 Å². The topological polar surface area (TPSA) is 110 Å². The molecule has 1 unspecified atom stereocenters. The number of carbonyl (C=O) groups is 1. The molecule has 9 nitrogen and oxygen atoms in total. The molecular formula is C31H43N7O2. The van der Waals surface area contributed by atoms with Gasteiger partial charge >= 0.3 is 0 Å². The minimum Gasteiger partial charge on any atom is -0.351 e. The summed E-state index contributed by atoms with van der Waals surface area (Å²) in [6, 6.07) is 0. The Kier molecular flexibility index (Phi) is 10.4. The Balaban J connectivity index is 0.000000883. The first-order chi connectivity index (χ1) is 19.0. The SMILES string of the molecule is CCC1CCC(C)(C)C(/C=C/C(C)=C/C=C/C(C)=C/C(=O)Nn2cnc3c(=O)n(C)cnc32)=C1C.[HH].c1c[nH]cn1. The molecule has 214 valence electrons. The van der Waals surface area contributed by atoms with E-state index in [0.717, 1.165) is 11.1 Å². The fourth-order valence-corrected chi connectivity index (χ4v) is 4.81. The summed E-state index contributed by atoms with van der Waals surface area (Å²) in [5, 5.41) is 0. The molecule has 9 heteroatoms. The van der Waals surface area contributed by atoms with Crippen molar-refractivity contribution >= 4 is 17.1 Å². The van der Waals surface area contributed by atoms with Crippen LogP contribution >= 0.6 is 0 Å². The zero-order valence-electron chi connectivity index (χ0n) is 24.6. The zero-order chi connectivity index (χ0) is 29.3. The minimum atomic E-state index is -0.332. The van der Waals surface area contributed by atoms with Crippen LogP contribution in [0.25, 0.3) is 11.2 Å². The molecule has 0 bridgehead atoms. The molecule has 40 heavy (non-hydrogen) atoms. The summed E-state index contributed by atoms with van der Waals surface area (Å²) in [7, 11) is 1.60. The van der Waals surface area contributed by atoms with Gasteiger partial charge in [-0.15, -0.1) is 0 Å². The third-order valence-corrected chi connectivity index (χ3v) is 7.22. The van der Waals surface area contributed by atoms with Crippen molar-refractivity contribution in [1.82, 2.24) is 29.2 Å². The molecule has 1 atom stereocenters. The van der Waals surface area contributed by atoms with E-state index in [9.17, 15) is 9.59 Å². The number of allylic oxidation sites excluding steroid dienone is 9. The van der Waals surface area contributed by atoms with Gasteiger partial charge in [-0.25, -0.2) is 19.6 Å². The third-order valence-electron chi connectivity index (χ3n) is 7.22. The van der Waals surface area contributed by atoms with Crippen LogP contribution in [0.15, 0.2) is 94.9 Å². The Bertz CT molecular complexity index is 1500. The highest BCUT2D eigenvalue weighted by Crippen LogP contribution is 2.44. The van der Waals surface area contributed by atoms with Crippen molar-refractivity contribution in [1.29, 1.82) is 0 Å². The van der Waals surface area contributed by atoms with Crippen molar-refractivity contribution in [2.24, 2.45) is 18.4 Å². The van der Waals surface area contributed by atoms with Gasteiger partial charge in [-0.3, -0.25) is 15.0 Å². The largest absolute Gasteiger partial charge is 0.351 e. The van der Waals surface area contributed by atoms with Crippen LogP contribution in [0.5, 0.6) is 0 Å². The average molecular weight is 546 g/mol. The van der Waals surface area contributed by atoms with Crippen LogP contribution in [0.4, 0.5) is 0 Å². The highest BCUT2D eigenvalue weighted by Gasteiger charge is 2.30. The van der Waals surface area contributed by atoms with Gasteiger partial charge < -0.3 is 9.55 Å². The number of hydrogen-bond acceptors (Lipinski definition) is 5. The van der Waals surface area contributed by atoms with E-state index in [1.165, 1.54) is 58.4 Å². The predicted molar refractivity (Wildman–Crippen MR) is 163 cm³/mol. The normalized spacial score (nSPS) is 17.9. The van der Waals surface area contributed by atoms with Crippen molar-refractivity contribution in [3.05, 3.63) is 100 Å². The van der Waals surface area contributed by atoms with Crippen molar-refractivity contribution in [2.45, 2.75) is 60.8 Å². The molecule has 0 saturated carbocycles. The van der Waals surface area contributed by atoms with Gasteiger partial charge in [-0.1, -0.05) is 62.3 Å². The number of aromatic nitrogens is 6. The summed E-state index contributed by atoms with van der Waals surface area (Å²) in [6.07, 6.45) is 23.4. The Morgan fingerprint density at radius 3 is 2.65 bits per heavy atom. The third kappa shape index (κ3) is 7.88. The Morgan fingerprint density at radius 2 is 2.00 bits per heavy atom. The van der Waals surface area contributed by atoms with Gasteiger partial charge in [0.2, 0.25) is 0 Å². The van der Waals surface area contributed by atoms with E-state index in [1.54, 1.807) is 25.8 Å². The Morgan fingerprint density at radius 1 is 1.23 bits per heavy atom. The maximum absolute atomic E-state index is 12.4. The number of aromatic amines is 1. The zero-order valence-corrected chi connectivity index (χ0v) is 24.6. The van der Waals surface area contributed by atoms with Crippen LogP contribution < -0.4 is 11.0 Å². The van der Waals surface area contributed by atoms with E-state index < -0.39 is 0 Å².